The molecule has 2 aromatic carbocycles. The fourth-order valence-corrected chi connectivity index (χ4v) is 3.04. The van der Waals surface area contributed by atoms with Gasteiger partial charge in [-0.05, 0) is 60.0 Å². The molecule has 4 rings (SSSR count). The molecule has 1 amide bonds. The molecule has 3 aromatic rings. The smallest absolute Gasteiger partial charge is 0.253 e. The third kappa shape index (κ3) is 3.46. The molecule has 1 aromatic heterocycles. The highest BCUT2D eigenvalue weighted by Gasteiger charge is 2.19. The Morgan fingerprint density at radius 2 is 1.69 bits per heavy atom. The molecular formula is C19H18FN5O. The molecule has 0 N–H and O–H groups in total. The van der Waals surface area contributed by atoms with E-state index in [9.17, 15) is 9.18 Å². The number of rotatable bonds is 4. The van der Waals surface area contributed by atoms with Crippen molar-refractivity contribution in [2.45, 2.75) is 19.4 Å². The molecule has 0 unspecified atom stereocenters. The van der Waals surface area contributed by atoms with Crippen LogP contribution >= 0.6 is 0 Å². The maximum atomic E-state index is 13.0. The molecule has 1 aliphatic rings. The Morgan fingerprint density at radius 3 is 2.38 bits per heavy atom. The molecule has 6 nitrogen and oxygen atoms in total. The van der Waals surface area contributed by atoms with Gasteiger partial charge in [-0.1, -0.05) is 12.1 Å². The molecule has 0 atom stereocenters. The standard InChI is InChI=1S/C19H18FN5O/c20-17-9-7-15(8-10-17)18-21-23-25(22-18)13-14-3-5-16(6-4-14)19(26)24-11-1-2-12-24/h3-10H,1-2,11-13H2. The third-order valence-corrected chi connectivity index (χ3v) is 4.47. The maximum absolute atomic E-state index is 13.0. The van der Waals surface area contributed by atoms with E-state index >= 15 is 0 Å². The van der Waals surface area contributed by atoms with Gasteiger partial charge in [-0.2, -0.15) is 4.80 Å². The minimum Gasteiger partial charge on any atom is -0.339 e. The van der Waals surface area contributed by atoms with Crippen LogP contribution in [-0.2, 0) is 6.54 Å². The fourth-order valence-electron chi connectivity index (χ4n) is 3.04. The summed E-state index contributed by atoms with van der Waals surface area (Å²) < 4.78 is 13.0. The summed E-state index contributed by atoms with van der Waals surface area (Å²) in [6, 6.07) is 13.5. The minimum absolute atomic E-state index is 0.0894. The van der Waals surface area contributed by atoms with Gasteiger partial charge < -0.3 is 4.90 Å². The molecule has 0 aliphatic carbocycles. The number of nitrogens with zero attached hydrogens (tertiary/aromatic N) is 5. The SMILES string of the molecule is O=C(c1ccc(Cn2nnc(-c3ccc(F)cc3)n2)cc1)N1CCCC1. The van der Waals surface area contributed by atoms with Gasteiger partial charge in [0.1, 0.15) is 5.82 Å². The second kappa shape index (κ2) is 7.03. The van der Waals surface area contributed by atoms with Crippen molar-refractivity contribution in [3.05, 3.63) is 65.5 Å². The Kier molecular flexibility index (Phi) is 4.43. The quantitative estimate of drug-likeness (QED) is 0.725. The Balaban J connectivity index is 1.44. The van der Waals surface area contributed by atoms with E-state index in [1.54, 1.807) is 12.1 Å². The van der Waals surface area contributed by atoms with Gasteiger partial charge in [0.15, 0.2) is 0 Å². The van der Waals surface area contributed by atoms with Gasteiger partial charge in [0.2, 0.25) is 5.82 Å². The summed E-state index contributed by atoms with van der Waals surface area (Å²) >= 11 is 0. The van der Waals surface area contributed by atoms with Crippen LogP contribution in [0.1, 0.15) is 28.8 Å². The molecule has 7 heteroatoms. The van der Waals surface area contributed by atoms with Gasteiger partial charge in [-0.15, -0.1) is 10.2 Å². The lowest BCUT2D eigenvalue weighted by Crippen LogP contribution is -2.27. The molecule has 0 bridgehead atoms. The van der Waals surface area contributed by atoms with Crippen molar-refractivity contribution in [3.63, 3.8) is 0 Å². The fraction of sp³-hybridized carbons (Fsp3) is 0.263. The maximum Gasteiger partial charge on any atom is 0.253 e. The number of hydrogen-bond acceptors (Lipinski definition) is 4. The van der Waals surface area contributed by atoms with E-state index in [1.165, 1.54) is 16.9 Å². The van der Waals surface area contributed by atoms with Gasteiger partial charge in [-0.25, -0.2) is 4.39 Å². The zero-order valence-corrected chi connectivity index (χ0v) is 14.2. The Labute approximate surface area is 150 Å². The summed E-state index contributed by atoms with van der Waals surface area (Å²) in [5, 5.41) is 12.4. The summed E-state index contributed by atoms with van der Waals surface area (Å²) in [6.07, 6.45) is 2.16. The topological polar surface area (TPSA) is 63.9 Å². The summed E-state index contributed by atoms with van der Waals surface area (Å²) in [7, 11) is 0. The van der Waals surface area contributed by atoms with Gasteiger partial charge in [0.05, 0.1) is 6.54 Å². The first-order valence-electron chi connectivity index (χ1n) is 8.61. The van der Waals surface area contributed by atoms with Crippen LogP contribution in [-0.4, -0.2) is 44.1 Å². The zero-order valence-electron chi connectivity index (χ0n) is 14.2. The van der Waals surface area contributed by atoms with Gasteiger partial charge >= 0.3 is 0 Å². The molecule has 0 spiro atoms. The number of carbonyl (C=O) groups excluding carboxylic acids is 1. The van der Waals surface area contributed by atoms with Crippen molar-refractivity contribution in [1.29, 1.82) is 0 Å². The molecular weight excluding hydrogens is 333 g/mol. The average molecular weight is 351 g/mol. The van der Waals surface area contributed by atoms with E-state index in [0.717, 1.165) is 31.5 Å². The number of carbonyl (C=O) groups is 1. The molecule has 26 heavy (non-hydrogen) atoms. The van der Waals surface area contributed by atoms with Crippen molar-refractivity contribution in [2.75, 3.05) is 13.1 Å². The molecule has 0 saturated carbocycles. The van der Waals surface area contributed by atoms with Crippen LogP contribution in [0.4, 0.5) is 4.39 Å². The second-order valence-electron chi connectivity index (χ2n) is 6.35. The predicted molar refractivity (Wildman–Crippen MR) is 93.9 cm³/mol. The van der Waals surface area contributed by atoms with Gasteiger partial charge in [0, 0.05) is 24.2 Å². The molecule has 1 aliphatic heterocycles. The largest absolute Gasteiger partial charge is 0.339 e. The Hall–Kier alpha value is -3.09. The first-order valence-corrected chi connectivity index (χ1v) is 8.61. The molecule has 1 fully saturated rings. The van der Waals surface area contributed by atoms with Crippen molar-refractivity contribution < 1.29 is 9.18 Å². The van der Waals surface area contributed by atoms with E-state index < -0.39 is 0 Å². The lowest BCUT2D eigenvalue weighted by molar-refractivity contribution is 0.0793. The highest BCUT2D eigenvalue weighted by molar-refractivity contribution is 5.94. The Morgan fingerprint density at radius 1 is 1.00 bits per heavy atom. The van der Waals surface area contributed by atoms with Crippen molar-refractivity contribution in [3.8, 4) is 11.4 Å². The summed E-state index contributed by atoms with van der Waals surface area (Å²) in [6.45, 7) is 2.14. The van der Waals surface area contributed by atoms with Crippen LogP contribution < -0.4 is 0 Å². The highest BCUT2D eigenvalue weighted by Crippen LogP contribution is 2.16. The van der Waals surface area contributed by atoms with Gasteiger partial charge in [0.25, 0.3) is 5.91 Å². The van der Waals surface area contributed by atoms with Crippen molar-refractivity contribution in [2.24, 2.45) is 0 Å². The highest BCUT2D eigenvalue weighted by atomic mass is 19.1. The van der Waals surface area contributed by atoms with E-state index in [-0.39, 0.29) is 11.7 Å². The first-order chi connectivity index (χ1) is 12.7. The van der Waals surface area contributed by atoms with E-state index in [2.05, 4.69) is 15.4 Å². The van der Waals surface area contributed by atoms with Crippen LogP contribution in [0.2, 0.25) is 0 Å². The number of hydrogen-bond donors (Lipinski definition) is 0. The van der Waals surface area contributed by atoms with Crippen molar-refractivity contribution in [1.82, 2.24) is 25.1 Å². The summed E-state index contributed by atoms with van der Waals surface area (Å²) in [5.74, 6) is 0.238. The Bertz CT molecular complexity index is 898. The number of aromatic nitrogens is 4. The number of benzene rings is 2. The number of tetrazole rings is 1. The van der Waals surface area contributed by atoms with E-state index in [4.69, 9.17) is 0 Å². The minimum atomic E-state index is -0.301. The third-order valence-electron chi connectivity index (χ3n) is 4.47. The summed E-state index contributed by atoms with van der Waals surface area (Å²) in [5.41, 5.74) is 2.39. The summed E-state index contributed by atoms with van der Waals surface area (Å²) in [4.78, 5) is 15.7. The first kappa shape index (κ1) is 16.4. The van der Waals surface area contributed by atoms with Crippen LogP contribution in [0.5, 0.6) is 0 Å². The molecule has 1 saturated heterocycles. The lowest BCUT2D eigenvalue weighted by atomic mass is 10.1. The number of halogens is 1. The lowest BCUT2D eigenvalue weighted by Gasteiger charge is -2.15. The molecule has 0 radical (unpaired) electrons. The van der Waals surface area contributed by atoms with Gasteiger partial charge in [-0.3, -0.25) is 4.79 Å². The zero-order chi connectivity index (χ0) is 17.9. The van der Waals surface area contributed by atoms with Crippen LogP contribution in [0, 0.1) is 5.82 Å². The van der Waals surface area contributed by atoms with Crippen LogP contribution in [0.15, 0.2) is 48.5 Å². The van der Waals surface area contributed by atoms with Crippen molar-refractivity contribution >= 4 is 5.91 Å². The average Bonchev–Trinajstić information content (AvgIpc) is 3.35. The molecule has 132 valence electrons. The van der Waals surface area contributed by atoms with E-state index in [1.807, 2.05) is 29.2 Å². The second-order valence-corrected chi connectivity index (χ2v) is 6.35. The number of likely N-dealkylation sites (tertiary alicyclic amines) is 1. The predicted octanol–water partition coefficient (Wildman–Crippen LogP) is 2.76. The van der Waals surface area contributed by atoms with E-state index in [0.29, 0.717) is 23.5 Å². The normalized spacial score (nSPS) is 14.0. The molecule has 2 heterocycles. The van der Waals surface area contributed by atoms with Crippen LogP contribution in [0.25, 0.3) is 11.4 Å². The monoisotopic (exact) mass is 351 g/mol. The van der Waals surface area contributed by atoms with Crippen LogP contribution in [0.3, 0.4) is 0 Å². The number of amides is 1.